The van der Waals surface area contributed by atoms with Crippen molar-refractivity contribution in [3.05, 3.63) is 42.2 Å². The van der Waals surface area contributed by atoms with Crippen LogP contribution in [0.5, 0.6) is 0 Å². The number of rotatable bonds is 3. The zero-order valence-electron chi connectivity index (χ0n) is 11.1. The first-order valence-corrected chi connectivity index (χ1v) is 6.86. The number of amides is 1. The fourth-order valence-electron chi connectivity index (χ4n) is 3.69. The smallest absolute Gasteiger partial charge is 0.230 e. The average molecular weight is 285 g/mol. The minimum Gasteiger partial charge on any atom is -0.550 e. The first kappa shape index (κ1) is 12.5. The van der Waals surface area contributed by atoms with Gasteiger partial charge in [-0.25, -0.2) is 0 Å². The average Bonchev–Trinajstić information content (AvgIpc) is 3.09. The summed E-state index contributed by atoms with van der Waals surface area (Å²) in [5.74, 6) is -2.96. The van der Waals surface area contributed by atoms with Crippen LogP contribution in [0, 0.1) is 11.8 Å². The van der Waals surface area contributed by atoms with Crippen LogP contribution in [0.15, 0.2) is 36.7 Å². The Bertz CT molecular complexity index is 644. The predicted octanol–water partition coefficient (Wildman–Crippen LogP) is -0.887. The largest absolute Gasteiger partial charge is 0.550 e. The van der Waals surface area contributed by atoms with Gasteiger partial charge in [0.15, 0.2) is 0 Å². The lowest BCUT2D eigenvalue weighted by atomic mass is 9.77. The van der Waals surface area contributed by atoms with Crippen LogP contribution < -0.4 is 5.11 Å². The van der Waals surface area contributed by atoms with Gasteiger partial charge in [0.05, 0.1) is 18.6 Å². The molecule has 3 aliphatic heterocycles. The maximum absolute atomic E-state index is 12.6. The summed E-state index contributed by atoms with van der Waals surface area (Å²) in [5, 5.41) is 11.3. The van der Waals surface area contributed by atoms with Gasteiger partial charge in [0, 0.05) is 30.8 Å². The number of nitrogens with zero attached hydrogens (tertiary/aromatic N) is 2. The highest BCUT2D eigenvalue weighted by Gasteiger charge is 2.65. The molecular formula is C15H13N2O4-. The van der Waals surface area contributed by atoms with Gasteiger partial charge in [0.2, 0.25) is 5.91 Å². The van der Waals surface area contributed by atoms with Crippen molar-refractivity contribution in [3.63, 3.8) is 0 Å². The molecule has 6 heteroatoms. The molecule has 0 N–H and O–H groups in total. The summed E-state index contributed by atoms with van der Waals surface area (Å²) < 4.78 is 5.79. The number of carboxylic acids is 1. The van der Waals surface area contributed by atoms with E-state index in [2.05, 4.69) is 4.98 Å². The molecule has 1 spiro atoms. The lowest BCUT2D eigenvalue weighted by molar-refractivity contribution is -0.313. The number of ether oxygens (including phenoxy) is 1. The van der Waals surface area contributed by atoms with Gasteiger partial charge >= 0.3 is 0 Å². The number of pyridine rings is 1. The molecule has 4 atom stereocenters. The molecule has 1 amide bonds. The van der Waals surface area contributed by atoms with Gasteiger partial charge in [0.1, 0.15) is 5.60 Å². The summed E-state index contributed by atoms with van der Waals surface area (Å²) >= 11 is 0. The van der Waals surface area contributed by atoms with Gasteiger partial charge in [-0.1, -0.05) is 18.2 Å². The number of hydrogen-bond acceptors (Lipinski definition) is 5. The van der Waals surface area contributed by atoms with E-state index in [9.17, 15) is 14.7 Å². The Morgan fingerprint density at radius 3 is 3.14 bits per heavy atom. The van der Waals surface area contributed by atoms with Crippen molar-refractivity contribution in [1.82, 2.24) is 9.88 Å². The van der Waals surface area contributed by atoms with Crippen LogP contribution in [0.25, 0.3) is 0 Å². The standard InChI is InChI=1S/C15H14N2O4/c18-13-12-11(14(19)20)10-3-4-15(12,21-10)8-17(13)7-9-2-1-5-16-6-9/h1-6,10-12H,7-8H2,(H,19,20)/p-1/t10-,11+,12-,15-/m1/s1. The third-order valence-electron chi connectivity index (χ3n) is 4.55. The molecule has 1 aromatic rings. The van der Waals surface area contributed by atoms with Crippen LogP contribution in [0.3, 0.4) is 0 Å². The van der Waals surface area contributed by atoms with E-state index < -0.39 is 29.5 Å². The highest BCUT2D eigenvalue weighted by atomic mass is 16.5. The molecule has 108 valence electrons. The zero-order chi connectivity index (χ0) is 14.6. The van der Waals surface area contributed by atoms with Crippen LogP contribution >= 0.6 is 0 Å². The molecule has 2 saturated heterocycles. The zero-order valence-corrected chi connectivity index (χ0v) is 11.1. The summed E-state index contributed by atoms with van der Waals surface area (Å²) in [6, 6.07) is 3.69. The fraction of sp³-hybridized carbons (Fsp3) is 0.400. The SMILES string of the molecule is O=C([O-])[C@H]1[C@H]2C=C[C@]3(CN(Cc4cccnc4)C(=O)[C@@H]13)O2. The van der Waals surface area contributed by atoms with Gasteiger partial charge in [-0.2, -0.15) is 0 Å². The van der Waals surface area contributed by atoms with E-state index in [0.717, 1.165) is 5.56 Å². The quantitative estimate of drug-likeness (QED) is 0.673. The van der Waals surface area contributed by atoms with Crippen molar-refractivity contribution >= 4 is 11.9 Å². The van der Waals surface area contributed by atoms with E-state index in [1.807, 2.05) is 12.1 Å². The van der Waals surface area contributed by atoms with Crippen molar-refractivity contribution in [2.45, 2.75) is 18.2 Å². The summed E-state index contributed by atoms with van der Waals surface area (Å²) in [7, 11) is 0. The summed E-state index contributed by atoms with van der Waals surface area (Å²) in [6.07, 6.45) is 6.40. The first-order valence-electron chi connectivity index (χ1n) is 6.86. The maximum Gasteiger partial charge on any atom is 0.230 e. The Labute approximate surface area is 121 Å². The highest BCUT2D eigenvalue weighted by molar-refractivity contribution is 5.90. The topological polar surface area (TPSA) is 82.6 Å². The maximum atomic E-state index is 12.6. The van der Waals surface area contributed by atoms with E-state index in [-0.39, 0.29) is 5.91 Å². The van der Waals surface area contributed by atoms with Crippen molar-refractivity contribution < 1.29 is 19.4 Å². The highest BCUT2D eigenvalue weighted by Crippen LogP contribution is 2.51. The second-order valence-electron chi connectivity index (χ2n) is 5.77. The van der Waals surface area contributed by atoms with Crippen molar-refractivity contribution in [2.24, 2.45) is 11.8 Å². The van der Waals surface area contributed by atoms with Crippen molar-refractivity contribution in [3.8, 4) is 0 Å². The second kappa shape index (κ2) is 4.14. The van der Waals surface area contributed by atoms with Gasteiger partial charge in [-0.05, 0) is 11.6 Å². The summed E-state index contributed by atoms with van der Waals surface area (Å²) in [6.45, 7) is 0.786. The minimum atomic E-state index is -1.21. The molecule has 0 radical (unpaired) electrons. The molecule has 4 rings (SSSR count). The Kier molecular flexibility index (Phi) is 2.47. The molecule has 4 heterocycles. The summed E-state index contributed by atoms with van der Waals surface area (Å²) in [5.41, 5.74) is 0.111. The van der Waals surface area contributed by atoms with Crippen LogP contribution in [0.1, 0.15) is 5.56 Å². The van der Waals surface area contributed by atoms with Gasteiger partial charge in [0.25, 0.3) is 0 Å². The molecule has 0 saturated carbocycles. The van der Waals surface area contributed by atoms with Gasteiger partial charge in [-0.3, -0.25) is 9.78 Å². The molecule has 3 aliphatic rings. The van der Waals surface area contributed by atoms with Crippen LogP contribution in [0.2, 0.25) is 0 Å². The van der Waals surface area contributed by atoms with Crippen LogP contribution in [0.4, 0.5) is 0 Å². The Balaban J connectivity index is 1.63. The van der Waals surface area contributed by atoms with Crippen molar-refractivity contribution in [2.75, 3.05) is 6.54 Å². The lowest BCUT2D eigenvalue weighted by Gasteiger charge is -2.24. The molecule has 6 nitrogen and oxygen atoms in total. The Hall–Kier alpha value is -2.21. The Morgan fingerprint density at radius 2 is 2.43 bits per heavy atom. The third-order valence-corrected chi connectivity index (χ3v) is 4.55. The van der Waals surface area contributed by atoms with E-state index in [4.69, 9.17) is 4.74 Å². The van der Waals surface area contributed by atoms with E-state index >= 15 is 0 Å². The number of carboxylic acid groups (broad SMARTS) is 1. The molecule has 0 aliphatic carbocycles. The number of aromatic nitrogens is 1. The normalized spacial score (nSPS) is 36.3. The number of hydrogen-bond donors (Lipinski definition) is 0. The monoisotopic (exact) mass is 285 g/mol. The van der Waals surface area contributed by atoms with Crippen molar-refractivity contribution in [1.29, 1.82) is 0 Å². The summed E-state index contributed by atoms with van der Waals surface area (Å²) in [4.78, 5) is 29.6. The number of likely N-dealkylation sites (tertiary alicyclic amines) is 1. The fourth-order valence-corrected chi connectivity index (χ4v) is 3.69. The van der Waals surface area contributed by atoms with E-state index in [0.29, 0.717) is 13.1 Å². The lowest BCUT2D eigenvalue weighted by Crippen LogP contribution is -2.45. The first-order chi connectivity index (χ1) is 10.1. The number of fused-ring (bicyclic) bond motifs is 1. The molecule has 2 bridgehead atoms. The molecule has 21 heavy (non-hydrogen) atoms. The third kappa shape index (κ3) is 1.65. The van der Waals surface area contributed by atoms with E-state index in [1.165, 1.54) is 0 Å². The number of aliphatic carboxylic acids is 1. The molecule has 0 unspecified atom stereocenters. The van der Waals surface area contributed by atoms with Gasteiger partial charge in [-0.15, -0.1) is 0 Å². The Morgan fingerprint density at radius 1 is 1.57 bits per heavy atom. The van der Waals surface area contributed by atoms with Gasteiger partial charge < -0.3 is 19.5 Å². The number of carbonyl (C=O) groups excluding carboxylic acids is 2. The number of carbonyl (C=O) groups is 2. The molecule has 0 aromatic carbocycles. The minimum absolute atomic E-state index is 0.181. The molecular weight excluding hydrogens is 272 g/mol. The van der Waals surface area contributed by atoms with Crippen LogP contribution in [-0.4, -0.2) is 40.0 Å². The molecule has 2 fully saturated rings. The van der Waals surface area contributed by atoms with E-state index in [1.54, 1.807) is 29.4 Å². The van der Waals surface area contributed by atoms with Crippen LogP contribution in [-0.2, 0) is 20.9 Å². The second-order valence-corrected chi connectivity index (χ2v) is 5.77. The predicted molar refractivity (Wildman–Crippen MR) is 68.4 cm³/mol. The molecule has 1 aromatic heterocycles.